The molecule has 9 heteroatoms. The first-order valence-electron chi connectivity index (χ1n) is 5.19. The first-order valence-corrected chi connectivity index (χ1v) is 5.19. The van der Waals surface area contributed by atoms with Crippen molar-refractivity contribution in [3.63, 3.8) is 0 Å². The van der Waals surface area contributed by atoms with Gasteiger partial charge in [-0.25, -0.2) is 4.90 Å². The Morgan fingerprint density at radius 3 is 2.39 bits per heavy atom. The topological polar surface area (TPSA) is 42.6 Å². The molecule has 0 radical (unpaired) electrons. The molecule has 1 atom stereocenters. The van der Waals surface area contributed by atoms with Gasteiger partial charge in [-0.3, -0.25) is 5.01 Å². The Morgan fingerprint density at radius 1 is 1.33 bits per heavy atom. The monoisotopic (exact) mass is 270 g/mol. The zero-order valence-electron chi connectivity index (χ0n) is 9.45. The number of rotatable bonds is 4. The lowest BCUT2D eigenvalue weighted by Gasteiger charge is -2.33. The van der Waals surface area contributed by atoms with Gasteiger partial charge in [-0.15, -0.1) is 0 Å². The number of halogens is 5. The molecule has 1 rings (SSSR count). The van der Waals surface area contributed by atoms with Crippen LogP contribution in [0.1, 0.15) is 19.8 Å². The maximum atomic E-state index is 13.3. The van der Waals surface area contributed by atoms with E-state index in [4.69, 9.17) is 5.26 Å². The molecular weight excluding hydrogens is 259 g/mol. The van der Waals surface area contributed by atoms with Crippen LogP contribution in [0.2, 0.25) is 0 Å². The molecule has 1 heterocycles. The average Bonchev–Trinajstić information content (AvgIpc) is 2.68. The van der Waals surface area contributed by atoms with Crippen LogP contribution in [0.15, 0.2) is 5.10 Å². The lowest BCUT2D eigenvalue weighted by molar-refractivity contribution is -0.311. The van der Waals surface area contributed by atoms with Crippen molar-refractivity contribution in [2.24, 2.45) is 5.10 Å². The Kier molecular flexibility index (Phi) is 3.98. The third-order valence-corrected chi connectivity index (χ3v) is 2.43. The van der Waals surface area contributed by atoms with Crippen LogP contribution >= 0.6 is 0 Å². The van der Waals surface area contributed by atoms with E-state index in [-0.39, 0.29) is 11.4 Å². The number of nitrogens with zero attached hydrogens (tertiary/aromatic N) is 4. The molecule has 102 valence electrons. The standard InChI is InChI=1S/C9H11F5N4/c1-2-3-4-18-7(17(5-15)6-16-18)8(10,11)9(12,13)14/h6-7H,2-4H2,1H3. The summed E-state index contributed by atoms with van der Waals surface area (Å²) in [6.45, 7) is 1.69. The van der Waals surface area contributed by atoms with Crippen molar-refractivity contribution in [3.8, 4) is 6.19 Å². The fourth-order valence-corrected chi connectivity index (χ4v) is 1.48. The van der Waals surface area contributed by atoms with Crippen LogP contribution in [0.5, 0.6) is 0 Å². The molecule has 0 saturated heterocycles. The number of hydrazone groups is 1. The van der Waals surface area contributed by atoms with Crippen molar-refractivity contribution >= 4 is 6.34 Å². The summed E-state index contributed by atoms with van der Waals surface area (Å²) in [6, 6.07) is 0. The van der Waals surface area contributed by atoms with E-state index in [0.29, 0.717) is 24.2 Å². The van der Waals surface area contributed by atoms with Crippen LogP contribution in [0, 0.1) is 11.5 Å². The van der Waals surface area contributed by atoms with Crippen molar-refractivity contribution in [3.05, 3.63) is 0 Å². The van der Waals surface area contributed by atoms with Gasteiger partial charge in [-0.1, -0.05) is 13.3 Å². The molecule has 0 N–H and O–H groups in total. The summed E-state index contributed by atoms with van der Waals surface area (Å²) in [5, 5.41) is 12.6. The highest BCUT2D eigenvalue weighted by atomic mass is 19.4. The van der Waals surface area contributed by atoms with Gasteiger partial charge in [0.1, 0.15) is 6.34 Å². The highest BCUT2D eigenvalue weighted by molar-refractivity contribution is 5.59. The van der Waals surface area contributed by atoms with Crippen LogP contribution in [0.3, 0.4) is 0 Å². The predicted molar refractivity (Wildman–Crippen MR) is 52.3 cm³/mol. The molecule has 18 heavy (non-hydrogen) atoms. The van der Waals surface area contributed by atoms with Gasteiger partial charge in [0.15, 0.2) is 6.19 Å². The molecule has 0 bridgehead atoms. The van der Waals surface area contributed by atoms with Crippen LogP contribution in [0.4, 0.5) is 22.0 Å². The Bertz CT molecular complexity index is 359. The summed E-state index contributed by atoms with van der Waals surface area (Å²) >= 11 is 0. The molecule has 0 saturated carbocycles. The summed E-state index contributed by atoms with van der Waals surface area (Å²) in [4.78, 5) is 0.211. The van der Waals surface area contributed by atoms with Gasteiger partial charge < -0.3 is 0 Å². The minimum absolute atomic E-state index is 0.0679. The summed E-state index contributed by atoms with van der Waals surface area (Å²) < 4.78 is 63.6. The third-order valence-electron chi connectivity index (χ3n) is 2.43. The van der Waals surface area contributed by atoms with E-state index in [2.05, 4.69) is 5.10 Å². The quantitative estimate of drug-likeness (QED) is 0.581. The average molecular weight is 270 g/mol. The molecule has 0 aromatic heterocycles. The second-order valence-electron chi connectivity index (χ2n) is 3.75. The van der Waals surface area contributed by atoms with Gasteiger partial charge in [0, 0.05) is 6.54 Å². The van der Waals surface area contributed by atoms with Crippen LogP contribution in [-0.2, 0) is 0 Å². The minimum Gasteiger partial charge on any atom is -0.265 e. The summed E-state index contributed by atoms with van der Waals surface area (Å²) in [5.74, 6) is -5.03. The Balaban J connectivity index is 2.97. The van der Waals surface area contributed by atoms with E-state index in [1.54, 1.807) is 6.92 Å². The molecule has 0 aromatic carbocycles. The number of nitriles is 1. The number of alkyl halides is 5. The third kappa shape index (κ3) is 2.47. The van der Waals surface area contributed by atoms with Gasteiger partial charge in [0.25, 0.3) is 0 Å². The number of hydrogen-bond donors (Lipinski definition) is 0. The molecule has 1 aliphatic rings. The fourth-order valence-electron chi connectivity index (χ4n) is 1.48. The Hall–Kier alpha value is -1.59. The van der Waals surface area contributed by atoms with Crippen LogP contribution in [-0.4, -0.2) is 41.1 Å². The van der Waals surface area contributed by atoms with E-state index in [1.807, 2.05) is 0 Å². The highest BCUT2D eigenvalue weighted by Crippen LogP contribution is 2.42. The fraction of sp³-hybridized carbons (Fsp3) is 0.778. The minimum atomic E-state index is -5.73. The van der Waals surface area contributed by atoms with Gasteiger partial charge >= 0.3 is 12.1 Å². The van der Waals surface area contributed by atoms with E-state index in [0.717, 1.165) is 0 Å². The normalized spacial score (nSPS) is 20.4. The summed E-state index contributed by atoms with van der Waals surface area (Å²) in [6.07, 6.45) is -5.21. The van der Waals surface area contributed by atoms with Crippen LogP contribution in [0.25, 0.3) is 0 Å². The van der Waals surface area contributed by atoms with Gasteiger partial charge in [0.2, 0.25) is 6.17 Å². The lowest BCUT2D eigenvalue weighted by Crippen LogP contribution is -2.58. The molecule has 4 nitrogen and oxygen atoms in total. The Labute approximate surface area is 100 Å². The smallest absolute Gasteiger partial charge is 0.265 e. The maximum Gasteiger partial charge on any atom is 0.457 e. The molecule has 0 fully saturated rings. The number of unbranched alkanes of at least 4 members (excludes halogenated alkanes) is 1. The predicted octanol–water partition coefficient (Wildman–Crippen LogP) is 2.35. The zero-order valence-corrected chi connectivity index (χ0v) is 9.45. The molecular formula is C9H11F5N4. The second kappa shape index (κ2) is 4.96. The van der Waals surface area contributed by atoms with Gasteiger partial charge in [-0.05, 0) is 6.42 Å². The van der Waals surface area contributed by atoms with Crippen molar-refractivity contribution in [1.82, 2.24) is 9.91 Å². The molecule has 1 aliphatic heterocycles. The highest BCUT2D eigenvalue weighted by Gasteiger charge is 2.67. The SMILES string of the molecule is CCCCN1N=CN(C#N)C1C(F)(F)C(F)(F)F. The molecule has 0 amide bonds. The summed E-state index contributed by atoms with van der Waals surface area (Å²) in [5.41, 5.74) is 0. The molecule has 1 unspecified atom stereocenters. The maximum absolute atomic E-state index is 13.3. The van der Waals surface area contributed by atoms with Gasteiger partial charge in [0.05, 0.1) is 0 Å². The summed E-state index contributed by atoms with van der Waals surface area (Å²) in [7, 11) is 0. The first-order chi connectivity index (χ1) is 8.25. The lowest BCUT2D eigenvalue weighted by atomic mass is 10.2. The van der Waals surface area contributed by atoms with Crippen LogP contribution < -0.4 is 0 Å². The second-order valence-corrected chi connectivity index (χ2v) is 3.75. The first kappa shape index (κ1) is 14.5. The molecule has 0 spiro atoms. The number of hydrogen-bond acceptors (Lipinski definition) is 4. The molecule has 0 aromatic rings. The van der Waals surface area contributed by atoms with E-state index in [1.165, 1.54) is 6.19 Å². The van der Waals surface area contributed by atoms with Gasteiger partial charge in [-0.2, -0.15) is 32.3 Å². The van der Waals surface area contributed by atoms with E-state index < -0.39 is 18.3 Å². The van der Waals surface area contributed by atoms with Crippen molar-refractivity contribution < 1.29 is 22.0 Å². The largest absolute Gasteiger partial charge is 0.457 e. The van der Waals surface area contributed by atoms with E-state index >= 15 is 0 Å². The molecule has 0 aliphatic carbocycles. The van der Waals surface area contributed by atoms with Crippen molar-refractivity contribution in [2.75, 3.05) is 6.54 Å². The van der Waals surface area contributed by atoms with Crippen molar-refractivity contribution in [1.29, 1.82) is 5.26 Å². The van der Waals surface area contributed by atoms with Crippen molar-refractivity contribution in [2.45, 2.75) is 38.0 Å². The Morgan fingerprint density at radius 2 is 1.94 bits per heavy atom. The van der Waals surface area contributed by atoms with E-state index in [9.17, 15) is 22.0 Å². The zero-order chi connectivity index (χ0) is 14.0.